The van der Waals surface area contributed by atoms with Crippen molar-refractivity contribution in [3.05, 3.63) is 29.8 Å². The van der Waals surface area contributed by atoms with Crippen molar-refractivity contribution in [2.75, 3.05) is 31.6 Å². The molecule has 4 nitrogen and oxygen atoms in total. The van der Waals surface area contributed by atoms with Gasteiger partial charge in [-0.2, -0.15) is 0 Å². The summed E-state index contributed by atoms with van der Waals surface area (Å²) in [5.74, 6) is 0.183. The van der Waals surface area contributed by atoms with E-state index in [9.17, 15) is 4.79 Å². The zero-order valence-corrected chi connectivity index (χ0v) is 16.9. The second kappa shape index (κ2) is 10.2. The SMILES string of the molecule is CCCCN(C)c1ccc(C(=O)N2CCC3CCC(C2)N3)cc1.Cl.Cl. The number of nitrogens with one attached hydrogen (secondary N) is 1. The van der Waals surface area contributed by atoms with Gasteiger partial charge >= 0.3 is 0 Å². The van der Waals surface area contributed by atoms with E-state index in [1.165, 1.54) is 31.4 Å². The van der Waals surface area contributed by atoms with E-state index in [0.29, 0.717) is 12.1 Å². The molecule has 2 aliphatic rings. The Kier molecular flexibility index (Phi) is 9.04. The summed E-state index contributed by atoms with van der Waals surface area (Å²) in [7, 11) is 2.11. The number of likely N-dealkylation sites (tertiary alicyclic amines) is 1. The van der Waals surface area contributed by atoms with E-state index in [0.717, 1.165) is 31.6 Å². The van der Waals surface area contributed by atoms with Gasteiger partial charge in [0.15, 0.2) is 0 Å². The Morgan fingerprint density at radius 2 is 1.84 bits per heavy atom. The number of anilines is 1. The molecule has 1 amide bonds. The lowest BCUT2D eigenvalue weighted by molar-refractivity contribution is 0.0748. The lowest BCUT2D eigenvalue weighted by Crippen LogP contribution is -2.39. The smallest absolute Gasteiger partial charge is 0.253 e. The molecule has 0 aromatic heterocycles. The van der Waals surface area contributed by atoms with Crippen LogP contribution < -0.4 is 10.2 Å². The van der Waals surface area contributed by atoms with E-state index >= 15 is 0 Å². The van der Waals surface area contributed by atoms with Crippen LogP contribution in [0.15, 0.2) is 24.3 Å². The summed E-state index contributed by atoms with van der Waals surface area (Å²) in [6.07, 6.45) is 5.95. The molecule has 2 saturated heterocycles. The van der Waals surface area contributed by atoms with Crippen LogP contribution in [-0.4, -0.2) is 49.6 Å². The first-order chi connectivity index (χ1) is 11.2. The Morgan fingerprint density at radius 3 is 2.52 bits per heavy atom. The lowest BCUT2D eigenvalue weighted by Gasteiger charge is -2.25. The number of halogens is 2. The summed E-state index contributed by atoms with van der Waals surface area (Å²) >= 11 is 0. The second-order valence-electron chi connectivity index (χ2n) is 7.00. The summed E-state index contributed by atoms with van der Waals surface area (Å²) in [6.45, 7) is 5.00. The molecule has 2 aliphatic heterocycles. The lowest BCUT2D eigenvalue weighted by atomic mass is 10.1. The third-order valence-corrected chi connectivity index (χ3v) is 5.21. The number of nitrogens with zero attached hydrogens (tertiary/aromatic N) is 2. The van der Waals surface area contributed by atoms with E-state index < -0.39 is 0 Å². The number of hydrogen-bond acceptors (Lipinski definition) is 3. The maximum absolute atomic E-state index is 12.8. The number of unbranched alkanes of at least 4 members (excludes halogenated alkanes) is 1. The van der Waals surface area contributed by atoms with Gasteiger partial charge in [-0.3, -0.25) is 4.79 Å². The molecule has 2 heterocycles. The van der Waals surface area contributed by atoms with Gasteiger partial charge in [-0.1, -0.05) is 13.3 Å². The minimum absolute atomic E-state index is 0. The van der Waals surface area contributed by atoms with Crippen LogP contribution in [-0.2, 0) is 0 Å². The number of carbonyl (C=O) groups excluding carboxylic acids is 1. The first kappa shape index (κ1) is 22.1. The fourth-order valence-corrected chi connectivity index (χ4v) is 3.69. The molecule has 1 aromatic carbocycles. The van der Waals surface area contributed by atoms with Gasteiger partial charge in [0.1, 0.15) is 0 Å². The van der Waals surface area contributed by atoms with Gasteiger partial charge in [0.2, 0.25) is 0 Å². The van der Waals surface area contributed by atoms with E-state index in [1.54, 1.807) is 0 Å². The molecule has 2 fully saturated rings. The minimum atomic E-state index is 0. The van der Waals surface area contributed by atoms with Gasteiger partial charge in [-0.25, -0.2) is 0 Å². The quantitative estimate of drug-likeness (QED) is 0.835. The first-order valence-corrected chi connectivity index (χ1v) is 9.04. The summed E-state index contributed by atoms with van der Waals surface area (Å²) < 4.78 is 0. The van der Waals surface area contributed by atoms with Gasteiger partial charge in [0.25, 0.3) is 5.91 Å². The maximum atomic E-state index is 12.8. The van der Waals surface area contributed by atoms with Crippen molar-refractivity contribution < 1.29 is 4.79 Å². The molecule has 6 heteroatoms. The topological polar surface area (TPSA) is 35.6 Å². The van der Waals surface area contributed by atoms with Crippen LogP contribution >= 0.6 is 24.8 Å². The van der Waals surface area contributed by atoms with E-state index in [2.05, 4.69) is 36.3 Å². The van der Waals surface area contributed by atoms with E-state index in [1.807, 2.05) is 17.0 Å². The Bertz CT molecular complexity index is 538. The standard InChI is InChI=1S/C19H29N3O.2ClH/c1-3-4-12-21(2)18-9-5-15(6-10-18)19(23)22-13-11-16-7-8-17(14-22)20-16;;/h5-6,9-10,16-17,20H,3-4,7-8,11-14H2,1-2H3;2*1H. The third kappa shape index (κ3) is 5.50. The number of fused-ring (bicyclic) bond motifs is 2. The van der Waals surface area contributed by atoms with Crippen molar-refractivity contribution in [1.29, 1.82) is 0 Å². The number of hydrogen-bond donors (Lipinski definition) is 1. The molecule has 1 aromatic rings. The monoisotopic (exact) mass is 387 g/mol. The van der Waals surface area contributed by atoms with Crippen molar-refractivity contribution in [2.24, 2.45) is 0 Å². The molecule has 2 bridgehead atoms. The van der Waals surface area contributed by atoms with E-state index in [4.69, 9.17) is 0 Å². The molecular weight excluding hydrogens is 357 g/mol. The Morgan fingerprint density at radius 1 is 1.16 bits per heavy atom. The number of benzene rings is 1. The molecule has 2 unspecified atom stereocenters. The zero-order valence-electron chi connectivity index (χ0n) is 15.2. The zero-order chi connectivity index (χ0) is 16.2. The van der Waals surface area contributed by atoms with Crippen LogP contribution in [0.25, 0.3) is 0 Å². The van der Waals surface area contributed by atoms with Gasteiger partial charge in [-0.05, 0) is 49.9 Å². The van der Waals surface area contributed by atoms with E-state index in [-0.39, 0.29) is 30.7 Å². The van der Waals surface area contributed by atoms with Gasteiger partial charge in [0, 0.05) is 50.0 Å². The molecule has 3 rings (SSSR count). The second-order valence-corrected chi connectivity index (χ2v) is 7.00. The minimum Gasteiger partial charge on any atom is -0.375 e. The van der Waals surface area contributed by atoms with Crippen LogP contribution in [0.2, 0.25) is 0 Å². The van der Waals surface area contributed by atoms with Crippen molar-refractivity contribution in [2.45, 2.75) is 51.1 Å². The third-order valence-electron chi connectivity index (χ3n) is 5.21. The molecule has 0 saturated carbocycles. The van der Waals surface area contributed by atoms with Crippen LogP contribution in [0.5, 0.6) is 0 Å². The van der Waals surface area contributed by atoms with Crippen molar-refractivity contribution in [1.82, 2.24) is 10.2 Å². The average Bonchev–Trinajstić information content (AvgIpc) is 2.91. The van der Waals surface area contributed by atoms with Crippen LogP contribution in [0.4, 0.5) is 5.69 Å². The van der Waals surface area contributed by atoms with Crippen molar-refractivity contribution in [3.63, 3.8) is 0 Å². The maximum Gasteiger partial charge on any atom is 0.253 e. The molecule has 0 spiro atoms. The molecule has 142 valence electrons. The predicted molar refractivity (Wildman–Crippen MR) is 110 cm³/mol. The highest BCUT2D eigenvalue weighted by atomic mass is 35.5. The highest BCUT2D eigenvalue weighted by molar-refractivity contribution is 5.94. The highest BCUT2D eigenvalue weighted by Gasteiger charge is 2.31. The Balaban J connectivity index is 0.00000156. The normalized spacial score (nSPS) is 21.8. The highest BCUT2D eigenvalue weighted by Crippen LogP contribution is 2.22. The fraction of sp³-hybridized carbons (Fsp3) is 0.632. The number of carbonyl (C=O) groups is 1. The number of rotatable bonds is 5. The predicted octanol–water partition coefficient (Wildman–Crippen LogP) is 3.73. The van der Waals surface area contributed by atoms with Crippen molar-refractivity contribution in [3.8, 4) is 0 Å². The molecule has 25 heavy (non-hydrogen) atoms. The molecular formula is C19H31Cl2N3O. The van der Waals surface area contributed by atoms with Gasteiger partial charge in [0.05, 0.1) is 0 Å². The summed E-state index contributed by atoms with van der Waals surface area (Å²) in [6, 6.07) is 9.22. The Labute approximate surface area is 164 Å². The van der Waals surface area contributed by atoms with Gasteiger partial charge < -0.3 is 15.1 Å². The van der Waals surface area contributed by atoms with Crippen LogP contribution in [0, 0.1) is 0 Å². The number of amides is 1. The fourth-order valence-electron chi connectivity index (χ4n) is 3.69. The van der Waals surface area contributed by atoms with Crippen molar-refractivity contribution >= 4 is 36.4 Å². The molecule has 0 radical (unpaired) electrons. The van der Waals surface area contributed by atoms with Gasteiger partial charge in [-0.15, -0.1) is 24.8 Å². The summed E-state index contributed by atoms with van der Waals surface area (Å²) in [5.41, 5.74) is 2.00. The summed E-state index contributed by atoms with van der Waals surface area (Å²) in [5, 5.41) is 3.63. The van der Waals surface area contributed by atoms with Crippen LogP contribution in [0.3, 0.4) is 0 Å². The Hall–Kier alpha value is -0.970. The molecule has 0 aliphatic carbocycles. The average molecular weight is 388 g/mol. The van der Waals surface area contributed by atoms with Crippen LogP contribution in [0.1, 0.15) is 49.4 Å². The first-order valence-electron chi connectivity index (χ1n) is 9.04. The molecule has 1 N–H and O–H groups in total. The molecule has 2 atom stereocenters. The summed E-state index contributed by atoms with van der Waals surface area (Å²) in [4.78, 5) is 17.1. The largest absolute Gasteiger partial charge is 0.375 e.